The first-order valence-corrected chi connectivity index (χ1v) is 6.99. The van der Waals surface area contributed by atoms with Crippen LogP contribution in [0.3, 0.4) is 0 Å². The van der Waals surface area contributed by atoms with Gasteiger partial charge in [-0.15, -0.1) is 0 Å². The third-order valence-corrected chi connectivity index (χ3v) is 3.71. The Morgan fingerprint density at radius 2 is 1.71 bits per heavy atom. The van der Waals surface area contributed by atoms with Gasteiger partial charge in [-0.1, -0.05) is 42.5 Å². The van der Waals surface area contributed by atoms with Crippen molar-refractivity contribution in [1.29, 1.82) is 0 Å². The van der Waals surface area contributed by atoms with Gasteiger partial charge in [0.15, 0.2) is 0 Å². The number of aromatic nitrogens is 1. The van der Waals surface area contributed by atoms with Gasteiger partial charge in [-0.3, -0.25) is 4.98 Å². The number of hydrogen-bond acceptors (Lipinski definition) is 3. The van der Waals surface area contributed by atoms with Crippen molar-refractivity contribution in [3.05, 3.63) is 71.9 Å². The highest BCUT2D eigenvalue weighted by atomic mass is 16.5. The first kappa shape index (κ1) is 13.6. The summed E-state index contributed by atoms with van der Waals surface area (Å²) in [6, 6.07) is 18.4. The van der Waals surface area contributed by atoms with Crippen LogP contribution >= 0.6 is 0 Å². The maximum Gasteiger partial charge on any atom is 0.123 e. The molecular formula is C18H18N2O. The third-order valence-electron chi connectivity index (χ3n) is 3.71. The van der Waals surface area contributed by atoms with Crippen molar-refractivity contribution in [2.45, 2.75) is 6.04 Å². The van der Waals surface area contributed by atoms with E-state index in [0.717, 1.165) is 27.8 Å². The highest BCUT2D eigenvalue weighted by Crippen LogP contribution is 2.32. The van der Waals surface area contributed by atoms with Crippen molar-refractivity contribution in [1.82, 2.24) is 10.3 Å². The maximum absolute atomic E-state index is 5.50. The topological polar surface area (TPSA) is 34.1 Å². The molecule has 0 amide bonds. The van der Waals surface area contributed by atoms with Crippen LogP contribution in [-0.4, -0.2) is 19.1 Å². The van der Waals surface area contributed by atoms with E-state index in [2.05, 4.69) is 40.6 Å². The molecule has 0 aliphatic carbocycles. The van der Waals surface area contributed by atoms with E-state index < -0.39 is 0 Å². The number of rotatable bonds is 4. The van der Waals surface area contributed by atoms with Crippen LogP contribution in [0.2, 0.25) is 0 Å². The van der Waals surface area contributed by atoms with Gasteiger partial charge in [0.2, 0.25) is 0 Å². The molecule has 0 aliphatic heterocycles. The molecule has 21 heavy (non-hydrogen) atoms. The molecule has 106 valence electrons. The Hall–Kier alpha value is -2.39. The Kier molecular flexibility index (Phi) is 3.84. The van der Waals surface area contributed by atoms with Crippen LogP contribution in [0.1, 0.15) is 17.2 Å². The molecule has 0 spiro atoms. The predicted molar refractivity (Wildman–Crippen MR) is 85.6 cm³/mol. The van der Waals surface area contributed by atoms with Gasteiger partial charge in [0.1, 0.15) is 5.75 Å². The van der Waals surface area contributed by atoms with E-state index in [1.165, 1.54) is 0 Å². The number of benzene rings is 2. The van der Waals surface area contributed by atoms with Gasteiger partial charge >= 0.3 is 0 Å². The number of ether oxygens (including phenoxy) is 1. The summed E-state index contributed by atoms with van der Waals surface area (Å²) in [5.41, 5.74) is 3.28. The van der Waals surface area contributed by atoms with Crippen LogP contribution in [0.5, 0.6) is 5.75 Å². The lowest BCUT2D eigenvalue weighted by Gasteiger charge is -2.20. The summed E-state index contributed by atoms with van der Waals surface area (Å²) < 4.78 is 5.50. The predicted octanol–water partition coefficient (Wildman–Crippen LogP) is 3.55. The van der Waals surface area contributed by atoms with Gasteiger partial charge in [0.05, 0.1) is 18.7 Å². The van der Waals surface area contributed by atoms with Crippen LogP contribution in [-0.2, 0) is 0 Å². The number of nitrogens with one attached hydrogen (secondary N) is 1. The minimum absolute atomic E-state index is 0.0414. The van der Waals surface area contributed by atoms with E-state index in [-0.39, 0.29) is 6.04 Å². The summed E-state index contributed by atoms with van der Waals surface area (Å²) >= 11 is 0. The van der Waals surface area contributed by atoms with Gasteiger partial charge in [-0.25, -0.2) is 0 Å². The average Bonchev–Trinajstić information content (AvgIpc) is 2.56. The lowest BCUT2D eigenvalue weighted by molar-refractivity contribution is 0.405. The lowest BCUT2D eigenvalue weighted by atomic mass is 9.95. The zero-order valence-corrected chi connectivity index (χ0v) is 12.2. The molecule has 1 aromatic heterocycles. The largest absolute Gasteiger partial charge is 0.496 e. The van der Waals surface area contributed by atoms with Gasteiger partial charge in [-0.2, -0.15) is 0 Å². The summed E-state index contributed by atoms with van der Waals surface area (Å²) in [5, 5.41) is 4.53. The van der Waals surface area contributed by atoms with Crippen LogP contribution in [0.25, 0.3) is 10.9 Å². The minimum atomic E-state index is 0.0414. The third kappa shape index (κ3) is 2.48. The Morgan fingerprint density at radius 3 is 2.52 bits per heavy atom. The van der Waals surface area contributed by atoms with E-state index in [1.54, 1.807) is 7.11 Å². The van der Waals surface area contributed by atoms with Gasteiger partial charge < -0.3 is 10.1 Å². The van der Waals surface area contributed by atoms with Gasteiger partial charge in [-0.05, 0) is 24.7 Å². The van der Waals surface area contributed by atoms with E-state index in [9.17, 15) is 0 Å². The molecule has 1 N–H and O–H groups in total. The second-order valence-electron chi connectivity index (χ2n) is 4.89. The first-order chi connectivity index (χ1) is 10.3. The standard InChI is InChI=1S/C18H18N2O/c1-19-18(14-9-3-4-11-16(14)21-2)15-10-5-7-13-8-6-12-20-17(13)15/h3-12,18-19H,1-2H3. The molecule has 0 bridgehead atoms. The average molecular weight is 278 g/mol. The van der Waals surface area contributed by atoms with E-state index >= 15 is 0 Å². The van der Waals surface area contributed by atoms with Gasteiger partial charge in [0, 0.05) is 17.1 Å². The maximum atomic E-state index is 5.50. The molecule has 0 fully saturated rings. The lowest BCUT2D eigenvalue weighted by Crippen LogP contribution is -2.19. The number of pyridine rings is 1. The van der Waals surface area contributed by atoms with E-state index in [4.69, 9.17) is 4.74 Å². The van der Waals surface area contributed by atoms with Crippen molar-refractivity contribution in [3.8, 4) is 5.75 Å². The molecule has 0 saturated heterocycles. The summed E-state index contributed by atoms with van der Waals surface area (Å²) in [6.45, 7) is 0. The normalized spacial score (nSPS) is 12.3. The number of methoxy groups -OCH3 is 1. The van der Waals surface area contributed by atoms with E-state index in [0.29, 0.717) is 0 Å². The zero-order valence-electron chi connectivity index (χ0n) is 12.2. The quantitative estimate of drug-likeness (QED) is 0.792. The molecule has 0 radical (unpaired) electrons. The summed E-state index contributed by atoms with van der Waals surface area (Å²) in [6.07, 6.45) is 1.83. The van der Waals surface area contributed by atoms with Crippen molar-refractivity contribution in [3.63, 3.8) is 0 Å². The fourth-order valence-electron chi connectivity index (χ4n) is 2.74. The van der Waals surface area contributed by atoms with Crippen molar-refractivity contribution in [2.75, 3.05) is 14.2 Å². The Balaban J connectivity index is 2.19. The molecule has 1 atom stereocenters. The smallest absolute Gasteiger partial charge is 0.123 e. The molecule has 2 aromatic carbocycles. The first-order valence-electron chi connectivity index (χ1n) is 6.99. The van der Waals surface area contributed by atoms with Crippen LogP contribution in [0, 0.1) is 0 Å². The molecule has 3 rings (SSSR count). The van der Waals surface area contributed by atoms with E-state index in [1.807, 2.05) is 37.5 Å². The Morgan fingerprint density at radius 1 is 0.952 bits per heavy atom. The number of hydrogen-bond donors (Lipinski definition) is 1. The molecule has 1 unspecified atom stereocenters. The highest BCUT2D eigenvalue weighted by molar-refractivity contribution is 5.82. The molecule has 0 aliphatic rings. The molecule has 3 aromatic rings. The number of nitrogens with zero attached hydrogens (tertiary/aromatic N) is 1. The van der Waals surface area contributed by atoms with Crippen molar-refractivity contribution >= 4 is 10.9 Å². The highest BCUT2D eigenvalue weighted by Gasteiger charge is 2.18. The summed E-state index contributed by atoms with van der Waals surface area (Å²) in [5.74, 6) is 0.879. The van der Waals surface area contributed by atoms with Crippen molar-refractivity contribution < 1.29 is 4.74 Å². The van der Waals surface area contributed by atoms with Crippen LogP contribution in [0.4, 0.5) is 0 Å². The second-order valence-corrected chi connectivity index (χ2v) is 4.89. The zero-order chi connectivity index (χ0) is 14.7. The minimum Gasteiger partial charge on any atom is -0.496 e. The van der Waals surface area contributed by atoms with Crippen LogP contribution < -0.4 is 10.1 Å². The molecule has 3 heteroatoms. The number of fused-ring (bicyclic) bond motifs is 1. The SMILES string of the molecule is CNC(c1ccccc1OC)c1cccc2cccnc12. The monoisotopic (exact) mass is 278 g/mol. The van der Waals surface area contributed by atoms with Gasteiger partial charge in [0.25, 0.3) is 0 Å². The molecular weight excluding hydrogens is 260 g/mol. The fraction of sp³-hybridized carbons (Fsp3) is 0.167. The summed E-state index contributed by atoms with van der Waals surface area (Å²) in [4.78, 5) is 4.55. The Labute approximate surface area is 124 Å². The second kappa shape index (κ2) is 5.94. The molecule has 3 nitrogen and oxygen atoms in total. The van der Waals surface area contributed by atoms with Crippen molar-refractivity contribution in [2.24, 2.45) is 0 Å². The molecule has 0 saturated carbocycles. The Bertz CT molecular complexity index is 750. The summed E-state index contributed by atoms with van der Waals surface area (Å²) in [7, 11) is 3.66. The number of para-hydroxylation sites is 2. The van der Waals surface area contributed by atoms with Crippen LogP contribution in [0.15, 0.2) is 60.8 Å². The fourth-order valence-corrected chi connectivity index (χ4v) is 2.74. The molecule has 1 heterocycles.